The Hall–Kier alpha value is -2.21. The Morgan fingerprint density at radius 1 is 1.29 bits per heavy atom. The predicted molar refractivity (Wildman–Crippen MR) is 81.0 cm³/mol. The van der Waals surface area contributed by atoms with Crippen LogP contribution in [0.3, 0.4) is 0 Å². The van der Waals surface area contributed by atoms with Gasteiger partial charge in [-0.25, -0.2) is 0 Å². The summed E-state index contributed by atoms with van der Waals surface area (Å²) in [6.07, 6.45) is 3.78. The molecule has 1 heterocycles. The SMILES string of the molecule is Cc1ccc([C@H](C)N[C@H](C)c2cnn(C)c2)cc1[N+](=O)[O-]. The van der Waals surface area contributed by atoms with Gasteiger partial charge in [0.25, 0.3) is 5.69 Å². The average molecular weight is 288 g/mol. The number of aromatic nitrogens is 2. The molecule has 6 heteroatoms. The molecule has 0 bridgehead atoms. The Balaban J connectivity index is 2.15. The molecular formula is C15H20N4O2. The van der Waals surface area contributed by atoms with Crippen LogP contribution in [0.5, 0.6) is 0 Å². The van der Waals surface area contributed by atoms with E-state index in [-0.39, 0.29) is 22.7 Å². The molecule has 1 aromatic carbocycles. The van der Waals surface area contributed by atoms with Gasteiger partial charge < -0.3 is 5.32 Å². The van der Waals surface area contributed by atoms with Crippen molar-refractivity contribution in [2.24, 2.45) is 7.05 Å². The lowest BCUT2D eigenvalue weighted by Gasteiger charge is -2.19. The van der Waals surface area contributed by atoms with Crippen LogP contribution in [0.4, 0.5) is 5.69 Å². The first kappa shape index (κ1) is 15.2. The number of hydrogen-bond donors (Lipinski definition) is 1. The Kier molecular flexibility index (Phi) is 4.37. The van der Waals surface area contributed by atoms with Gasteiger partial charge in [-0.3, -0.25) is 14.8 Å². The Morgan fingerprint density at radius 3 is 2.52 bits per heavy atom. The van der Waals surface area contributed by atoms with Gasteiger partial charge in [0, 0.05) is 42.5 Å². The third-order valence-corrected chi connectivity index (χ3v) is 3.65. The third-order valence-electron chi connectivity index (χ3n) is 3.65. The number of rotatable bonds is 5. The average Bonchev–Trinajstić information content (AvgIpc) is 2.85. The van der Waals surface area contributed by atoms with Crippen LogP contribution in [0.15, 0.2) is 30.6 Å². The first-order chi connectivity index (χ1) is 9.88. The van der Waals surface area contributed by atoms with Crippen LogP contribution in [0.2, 0.25) is 0 Å². The molecule has 1 N–H and O–H groups in total. The highest BCUT2D eigenvalue weighted by atomic mass is 16.6. The molecule has 6 nitrogen and oxygen atoms in total. The van der Waals surface area contributed by atoms with E-state index in [0.29, 0.717) is 5.56 Å². The third kappa shape index (κ3) is 3.46. The van der Waals surface area contributed by atoms with Crippen molar-refractivity contribution in [2.45, 2.75) is 32.9 Å². The fraction of sp³-hybridized carbons (Fsp3) is 0.400. The van der Waals surface area contributed by atoms with Crippen molar-refractivity contribution in [3.05, 3.63) is 57.4 Å². The van der Waals surface area contributed by atoms with Crippen LogP contribution in [-0.2, 0) is 7.05 Å². The van der Waals surface area contributed by atoms with Gasteiger partial charge in [-0.2, -0.15) is 5.10 Å². The normalized spacial score (nSPS) is 13.9. The van der Waals surface area contributed by atoms with Crippen LogP contribution in [-0.4, -0.2) is 14.7 Å². The number of aryl methyl sites for hydroxylation is 2. The maximum Gasteiger partial charge on any atom is 0.272 e. The smallest absolute Gasteiger partial charge is 0.272 e. The minimum atomic E-state index is -0.337. The van der Waals surface area contributed by atoms with Gasteiger partial charge in [-0.1, -0.05) is 12.1 Å². The van der Waals surface area contributed by atoms with Crippen molar-refractivity contribution in [3.63, 3.8) is 0 Å². The minimum Gasteiger partial charge on any atom is -0.304 e. The van der Waals surface area contributed by atoms with E-state index >= 15 is 0 Å². The zero-order valence-corrected chi connectivity index (χ0v) is 12.7. The maximum atomic E-state index is 11.0. The molecule has 0 spiro atoms. The van der Waals surface area contributed by atoms with Crippen molar-refractivity contribution in [3.8, 4) is 0 Å². The van der Waals surface area contributed by atoms with E-state index in [1.165, 1.54) is 0 Å². The summed E-state index contributed by atoms with van der Waals surface area (Å²) in [5.41, 5.74) is 2.83. The molecule has 0 fully saturated rings. The summed E-state index contributed by atoms with van der Waals surface area (Å²) in [6, 6.07) is 5.49. The number of nitro groups is 1. The number of hydrogen-bond acceptors (Lipinski definition) is 4. The summed E-state index contributed by atoms with van der Waals surface area (Å²) in [6.45, 7) is 5.80. The zero-order valence-electron chi connectivity index (χ0n) is 12.7. The van der Waals surface area contributed by atoms with Crippen molar-refractivity contribution < 1.29 is 4.92 Å². The van der Waals surface area contributed by atoms with Gasteiger partial charge >= 0.3 is 0 Å². The molecule has 0 amide bonds. The quantitative estimate of drug-likeness (QED) is 0.678. The molecule has 0 aliphatic heterocycles. The van der Waals surface area contributed by atoms with Crippen molar-refractivity contribution in [1.29, 1.82) is 0 Å². The van der Waals surface area contributed by atoms with Gasteiger partial charge in [0.2, 0.25) is 0 Å². The number of nitrogens with one attached hydrogen (secondary N) is 1. The largest absolute Gasteiger partial charge is 0.304 e. The minimum absolute atomic E-state index is 0.0134. The maximum absolute atomic E-state index is 11.0. The lowest BCUT2D eigenvalue weighted by atomic mass is 10.0. The first-order valence-corrected chi connectivity index (χ1v) is 6.88. The second-order valence-electron chi connectivity index (χ2n) is 5.36. The Labute approximate surface area is 123 Å². The van der Waals surface area contributed by atoms with E-state index < -0.39 is 0 Å². The molecule has 112 valence electrons. The van der Waals surface area contributed by atoms with E-state index in [1.807, 2.05) is 32.4 Å². The van der Waals surface area contributed by atoms with E-state index in [4.69, 9.17) is 0 Å². The molecule has 0 aliphatic rings. The summed E-state index contributed by atoms with van der Waals surface area (Å²) < 4.78 is 1.76. The van der Waals surface area contributed by atoms with Crippen LogP contribution in [0.25, 0.3) is 0 Å². The summed E-state index contributed by atoms with van der Waals surface area (Å²) >= 11 is 0. The first-order valence-electron chi connectivity index (χ1n) is 6.88. The van der Waals surface area contributed by atoms with Gasteiger partial charge in [0.1, 0.15) is 0 Å². The molecule has 0 saturated carbocycles. The molecule has 0 radical (unpaired) electrons. The van der Waals surface area contributed by atoms with Gasteiger partial charge in [0.15, 0.2) is 0 Å². The summed E-state index contributed by atoms with van der Waals surface area (Å²) in [5.74, 6) is 0. The van der Waals surface area contributed by atoms with E-state index in [1.54, 1.807) is 23.7 Å². The molecule has 2 rings (SSSR count). The molecule has 0 unspecified atom stereocenters. The van der Waals surface area contributed by atoms with E-state index in [2.05, 4.69) is 17.3 Å². The molecule has 1 aromatic heterocycles. The molecular weight excluding hydrogens is 268 g/mol. The lowest BCUT2D eigenvalue weighted by Crippen LogP contribution is -2.22. The van der Waals surface area contributed by atoms with Crippen LogP contribution in [0, 0.1) is 17.0 Å². The number of nitro benzene ring substituents is 1. The monoisotopic (exact) mass is 288 g/mol. The predicted octanol–water partition coefficient (Wildman–Crippen LogP) is 3.05. The molecule has 0 aliphatic carbocycles. The van der Waals surface area contributed by atoms with E-state index in [0.717, 1.165) is 11.1 Å². The standard InChI is InChI=1S/C15H20N4O2/c1-10-5-6-13(7-15(10)19(20)21)11(2)17-12(3)14-8-16-18(4)9-14/h5-9,11-12,17H,1-4H3/t11-,12+/m0/s1. The zero-order chi connectivity index (χ0) is 15.6. The lowest BCUT2D eigenvalue weighted by molar-refractivity contribution is -0.385. The van der Waals surface area contributed by atoms with Crippen molar-refractivity contribution in [1.82, 2.24) is 15.1 Å². The van der Waals surface area contributed by atoms with Crippen LogP contribution < -0.4 is 5.32 Å². The summed E-state index contributed by atoms with van der Waals surface area (Å²) in [4.78, 5) is 10.7. The summed E-state index contributed by atoms with van der Waals surface area (Å²) in [5, 5.41) is 18.6. The highest BCUT2D eigenvalue weighted by Crippen LogP contribution is 2.25. The molecule has 0 saturated heterocycles. The second-order valence-corrected chi connectivity index (χ2v) is 5.36. The number of benzene rings is 1. The Morgan fingerprint density at radius 2 is 1.95 bits per heavy atom. The fourth-order valence-electron chi connectivity index (χ4n) is 2.32. The van der Waals surface area contributed by atoms with Crippen LogP contribution >= 0.6 is 0 Å². The topological polar surface area (TPSA) is 73.0 Å². The van der Waals surface area contributed by atoms with Crippen molar-refractivity contribution >= 4 is 5.69 Å². The Bertz CT molecular complexity index is 651. The highest BCUT2D eigenvalue weighted by molar-refractivity contribution is 5.43. The number of nitrogens with zero attached hydrogens (tertiary/aromatic N) is 3. The second kappa shape index (κ2) is 6.05. The highest BCUT2D eigenvalue weighted by Gasteiger charge is 2.16. The fourth-order valence-corrected chi connectivity index (χ4v) is 2.32. The van der Waals surface area contributed by atoms with E-state index in [9.17, 15) is 10.1 Å². The van der Waals surface area contributed by atoms with Crippen LogP contribution in [0.1, 0.15) is 42.6 Å². The molecule has 2 aromatic rings. The van der Waals surface area contributed by atoms with Crippen molar-refractivity contribution in [2.75, 3.05) is 0 Å². The van der Waals surface area contributed by atoms with Gasteiger partial charge in [0.05, 0.1) is 11.1 Å². The molecule has 2 atom stereocenters. The summed E-state index contributed by atoms with van der Waals surface area (Å²) in [7, 11) is 1.88. The van der Waals surface area contributed by atoms with Gasteiger partial charge in [-0.15, -0.1) is 0 Å². The molecule has 21 heavy (non-hydrogen) atoms. The van der Waals surface area contributed by atoms with Gasteiger partial charge in [-0.05, 0) is 26.3 Å².